The van der Waals surface area contributed by atoms with E-state index in [2.05, 4.69) is 24.4 Å². The van der Waals surface area contributed by atoms with Crippen LogP contribution in [0, 0.1) is 11.3 Å². The molecule has 0 aliphatic carbocycles. The fourth-order valence-electron chi connectivity index (χ4n) is 1.89. The molecule has 110 valence electrons. The molecule has 1 unspecified atom stereocenters. The Bertz CT molecular complexity index is 444. The van der Waals surface area contributed by atoms with Crippen LogP contribution in [0.15, 0.2) is 29.2 Å². The predicted molar refractivity (Wildman–Crippen MR) is 85.3 cm³/mol. The van der Waals surface area contributed by atoms with Crippen LogP contribution >= 0.6 is 11.8 Å². The highest BCUT2D eigenvalue weighted by Gasteiger charge is 2.21. The van der Waals surface area contributed by atoms with Gasteiger partial charge in [0, 0.05) is 4.90 Å². The van der Waals surface area contributed by atoms with Gasteiger partial charge in [-0.3, -0.25) is 5.32 Å². The predicted octanol–water partition coefficient (Wildman–Crippen LogP) is 3.85. The van der Waals surface area contributed by atoms with Gasteiger partial charge in [-0.2, -0.15) is 5.26 Å². The SMILES string of the molecule is CCCNC(C)(C#N)CCCSc1cccc(OC)c1. The summed E-state index contributed by atoms with van der Waals surface area (Å²) in [6.07, 6.45) is 2.94. The molecule has 0 radical (unpaired) electrons. The van der Waals surface area contributed by atoms with Crippen LogP contribution in [0.2, 0.25) is 0 Å². The van der Waals surface area contributed by atoms with Gasteiger partial charge in [0.25, 0.3) is 0 Å². The lowest BCUT2D eigenvalue weighted by Crippen LogP contribution is -2.41. The zero-order valence-electron chi connectivity index (χ0n) is 12.6. The highest BCUT2D eigenvalue weighted by atomic mass is 32.2. The van der Waals surface area contributed by atoms with Crippen molar-refractivity contribution in [2.45, 2.75) is 43.5 Å². The number of nitrogens with zero attached hydrogens (tertiary/aromatic N) is 1. The first-order chi connectivity index (χ1) is 9.63. The number of nitriles is 1. The van der Waals surface area contributed by atoms with Crippen molar-refractivity contribution in [1.29, 1.82) is 5.26 Å². The minimum absolute atomic E-state index is 0.398. The third-order valence-electron chi connectivity index (χ3n) is 3.14. The van der Waals surface area contributed by atoms with Gasteiger partial charge in [0.05, 0.1) is 13.2 Å². The molecule has 4 heteroatoms. The van der Waals surface area contributed by atoms with Crippen molar-refractivity contribution in [2.24, 2.45) is 0 Å². The Kier molecular flexibility index (Phi) is 7.50. The minimum Gasteiger partial charge on any atom is -0.497 e. The van der Waals surface area contributed by atoms with Crippen LogP contribution in [0.5, 0.6) is 5.75 Å². The van der Waals surface area contributed by atoms with Crippen molar-refractivity contribution in [2.75, 3.05) is 19.4 Å². The fourth-order valence-corrected chi connectivity index (χ4v) is 2.79. The highest BCUT2D eigenvalue weighted by molar-refractivity contribution is 7.99. The Morgan fingerprint density at radius 1 is 1.45 bits per heavy atom. The van der Waals surface area contributed by atoms with Crippen molar-refractivity contribution < 1.29 is 4.74 Å². The molecular weight excluding hydrogens is 268 g/mol. The van der Waals surface area contributed by atoms with Crippen LogP contribution in [0.4, 0.5) is 0 Å². The Morgan fingerprint density at radius 3 is 2.90 bits per heavy atom. The van der Waals surface area contributed by atoms with Crippen LogP contribution in [-0.2, 0) is 0 Å². The van der Waals surface area contributed by atoms with Crippen molar-refractivity contribution in [3.8, 4) is 11.8 Å². The molecule has 0 aliphatic rings. The van der Waals surface area contributed by atoms with E-state index in [9.17, 15) is 5.26 Å². The molecule has 1 N–H and O–H groups in total. The molecule has 0 heterocycles. The summed E-state index contributed by atoms with van der Waals surface area (Å²) in [7, 11) is 1.68. The number of thioether (sulfide) groups is 1. The van der Waals surface area contributed by atoms with Gasteiger partial charge in [-0.25, -0.2) is 0 Å². The summed E-state index contributed by atoms with van der Waals surface area (Å²) in [5.41, 5.74) is -0.398. The third-order valence-corrected chi connectivity index (χ3v) is 4.22. The van der Waals surface area contributed by atoms with E-state index < -0.39 is 5.54 Å². The molecule has 1 atom stereocenters. The average Bonchev–Trinajstić information content (AvgIpc) is 2.50. The number of ether oxygens (including phenoxy) is 1. The van der Waals surface area contributed by atoms with Gasteiger partial charge >= 0.3 is 0 Å². The molecule has 0 aromatic heterocycles. The Labute approximate surface area is 126 Å². The molecule has 20 heavy (non-hydrogen) atoms. The molecule has 0 fully saturated rings. The van der Waals surface area contributed by atoms with Crippen molar-refractivity contribution in [3.05, 3.63) is 24.3 Å². The van der Waals surface area contributed by atoms with E-state index in [-0.39, 0.29) is 0 Å². The van der Waals surface area contributed by atoms with Crippen LogP contribution in [0.1, 0.15) is 33.1 Å². The first kappa shape index (κ1) is 16.9. The molecule has 0 amide bonds. The maximum absolute atomic E-state index is 9.26. The maximum atomic E-state index is 9.26. The van der Waals surface area contributed by atoms with Gasteiger partial charge < -0.3 is 4.74 Å². The fraction of sp³-hybridized carbons (Fsp3) is 0.562. The zero-order valence-corrected chi connectivity index (χ0v) is 13.4. The monoisotopic (exact) mass is 292 g/mol. The molecule has 0 spiro atoms. The number of hydrogen-bond acceptors (Lipinski definition) is 4. The molecule has 1 aromatic rings. The van der Waals surface area contributed by atoms with E-state index in [1.165, 1.54) is 4.90 Å². The zero-order chi connectivity index (χ0) is 14.8. The van der Waals surface area contributed by atoms with E-state index in [4.69, 9.17) is 4.74 Å². The van der Waals surface area contributed by atoms with Crippen LogP contribution in [0.25, 0.3) is 0 Å². The van der Waals surface area contributed by atoms with Gasteiger partial charge in [0.1, 0.15) is 11.3 Å². The smallest absolute Gasteiger partial charge is 0.119 e. The van der Waals surface area contributed by atoms with E-state index in [1.54, 1.807) is 7.11 Å². The van der Waals surface area contributed by atoms with E-state index >= 15 is 0 Å². The Balaban J connectivity index is 2.35. The number of hydrogen-bond donors (Lipinski definition) is 1. The van der Waals surface area contributed by atoms with E-state index in [0.29, 0.717) is 0 Å². The number of rotatable bonds is 9. The quantitative estimate of drug-likeness (QED) is 0.554. The molecule has 1 rings (SSSR count). The lowest BCUT2D eigenvalue weighted by molar-refractivity contribution is 0.413. The van der Waals surface area contributed by atoms with Crippen LogP contribution in [-0.4, -0.2) is 24.9 Å². The molecule has 0 saturated carbocycles. The lowest BCUT2D eigenvalue weighted by atomic mass is 9.98. The first-order valence-electron chi connectivity index (χ1n) is 7.06. The van der Waals surface area contributed by atoms with Crippen molar-refractivity contribution >= 4 is 11.8 Å². The van der Waals surface area contributed by atoms with Crippen LogP contribution in [0.3, 0.4) is 0 Å². The largest absolute Gasteiger partial charge is 0.497 e. The second-order valence-corrected chi connectivity index (χ2v) is 6.17. The van der Waals surface area contributed by atoms with Gasteiger partial charge in [-0.15, -0.1) is 11.8 Å². The van der Waals surface area contributed by atoms with Gasteiger partial charge in [-0.1, -0.05) is 13.0 Å². The standard InChI is InChI=1S/C16H24N2OS/c1-4-10-18-16(2,13-17)9-6-11-20-15-8-5-7-14(12-15)19-3/h5,7-8,12,18H,4,6,9-11H2,1-3H3. The second-order valence-electron chi connectivity index (χ2n) is 5.00. The third kappa shape index (κ3) is 5.85. The van der Waals surface area contributed by atoms with E-state index in [0.717, 1.165) is 37.3 Å². The number of methoxy groups -OCH3 is 1. The second kappa shape index (κ2) is 8.89. The molecular formula is C16H24N2OS. The molecule has 1 aromatic carbocycles. The summed E-state index contributed by atoms with van der Waals surface area (Å²) in [6, 6.07) is 10.5. The van der Waals surface area contributed by atoms with Crippen LogP contribution < -0.4 is 10.1 Å². The summed E-state index contributed by atoms with van der Waals surface area (Å²) in [5.74, 6) is 1.90. The summed E-state index contributed by atoms with van der Waals surface area (Å²) in [6.45, 7) is 5.00. The molecule has 0 saturated heterocycles. The summed E-state index contributed by atoms with van der Waals surface area (Å²) in [5, 5.41) is 12.6. The minimum atomic E-state index is -0.398. The Morgan fingerprint density at radius 2 is 2.25 bits per heavy atom. The average molecular weight is 292 g/mol. The molecule has 0 aliphatic heterocycles. The lowest BCUT2D eigenvalue weighted by Gasteiger charge is -2.22. The number of nitrogens with one attached hydrogen (secondary N) is 1. The van der Waals surface area contributed by atoms with Gasteiger partial charge in [-0.05, 0) is 56.7 Å². The summed E-state index contributed by atoms with van der Waals surface area (Å²) < 4.78 is 5.21. The van der Waals surface area contributed by atoms with Crippen molar-refractivity contribution in [1.82, 2.24) is 5.32 Å². The van der Waals surface area contributed by atoms with Crippen molar-refractivity contribution in [3.63, 3.8) is 0 Å². The maximum Gasteiger partial charge on any atom is 0.119 e. The number of benzene rings is 1. The molecule has 0 bridgehead atoms. The van der Waals surface area contributed by atoms with E-state index in [1.807, 2.05) is 36.9 Å². The summed E-state index contributed by atoms with van der Waals surface area (Å²) in [4.78, 5) is 1.21. The Hall–Kier alpha value is -1.18. The summed E-state index contributed by atoms with van der Waals surface area (Å²) >= 11 is 1.81. The highest BCUT2D eigenvalue weighted by Crippen LogP contribution is 2.24. The van der Waals surface area contributed by atoms with Gasteiger partial charge in [0.15, 0.2) is 0 Å². The topological polar surface area (TPSA) is 45.0 Å². The first-order valence-corrected chi connectivity index (χ1v) is 8.05. The molecule has 3 nitrogen and oxygen atoms in total. The normalized spacial score (nSPS) is 13.5. The van der Waals surface area contributed by atoms with Gasteiger partial charge in [0.2, 0.25) is 0 Å².